The standard InChI is InChI=1S/C14H14ClN3/c1-9-7-11(8-17-14(9)15)18-12-5-4-10-3-2-6-16-13(10)12/h2-3,6-8,12,18H,4-5H2,1H3. The molecule has 18 heavy (non-hydrogen) atoms. The van der Waals surface area contributed by atoms with E-state index in [1.807, 2.05) is 25.3 Å². The zero-order valence-corrected chi connectivity index (χ0v) is 10.9. The van der Waals surface area contributed by atoms with Crippen LogP contribution in [-0.2, 0) is 6.42 Å². The highest BCUT2D eigenvalue weighted by molar-refractivity contribution is 6.30. The lowest BCUT2D eigenvalue weighted by Gasteiger charge is -2.14. The van der Waals surface area contributed by atoms with Gasteiger partial charge in [-0.1, -0.05) is 17.7 Å². The molecule has 2 aromatic heterocycles. The summed E-state index contributed by atoms with van der Waals surface area (Å²) in [5.41, 5.74) is 4.49. The van der Waals surface area contributed by atoms with Crippen molar-refractivity contribution >= 4 is 17.3 Å². The number of anilines is 1. The summed E-state index contributed by atoms with van der Waals surface area (Å²) in [7, 11) is 0. The molecule has 0 aliphatic heterocycles. The van der Waals surface area contributed by atoms with Gasteiger partial charge in [-0.25, -0.2) is 4.98 Å². The molecule has 1 aliphatic rings. The Morgan fingerprint density at radius 2 is 2.28 bits per heavy atom. The number of nitrogens with zero attached hydrogens (tertiary/aromatic N) is 2. The third kappa shape index (κ3) is 2.06. The second-order valence-corrected chi connectivity index (χ2v) is 4.97. The summed E-state index contributed by atoms with van der Waals surface area (Å²) in [5.74, 6) is 0. The summed E-state index contributed by atoms with van der Waals surface area (Å²) in [6.45, 7) is 1.96. The summed E-state index contributed by atoms with van der Waals surface area (Å²) in [6, 6.07) is 6.45. The van der Waals surface area contributed by atoms with Crippen molar-refractivity contribution in [2.45, 2.75) is 25.8 Å². The van der Waals surface area contributed by atoms with E-state index in [4.69, 9.17) is 11.6 Å². The number of hydrogen-bond donors (Lipinski definition) is 1. The number of pyridine rings is 2. The zero-order chi connectivity index (χ0) is 12.5. The molecule has 2 heterocycles. The Morgan fingerprint density at radius 1 is 1.39 bits per heavy atom. The normalized spacial score (nSPS) is 17.6. The van der Waals surface area contributed by atoms with Crippen LogP contribution >= 0.6 is 11.6 Å². The fourth-order valence-electron chi connectivity index (χ4n) is 2.39. The molecule has 1 aliphatic carbocycles. The van der Waals surface area contributed by atoms with E-state index < -0.39 is 0 Å². The number of fused-ring (bicyclic) bond motifs is 1. The van der Waals surface area contributed by atoms with Crippen LogP contribution in [0.4, 0.5) is 5.69 Å². The molecule has 0 aromatic carbocycles. The van der Waals surface area contributed by atoms with Gasteiger partial charge in [-0.15, -0.1) is 0 Å². The molecule has 1 N–H and O–H groups in total. The number of nitrogens with one attached hydrogen (secondary N) is 1. The van der Waals surface area contributed by atoms with Gasteiger partial charge in [0.1, 0.15) is 5.15 Å². The lowest BCUT2D eigenvalue weighted by molar-refractivity contribution is 0.745. The lowest BCUT2D eigenvalue weighted by atomic mass is 10.2. The molecule has 1 atom stereocenters. The highest BCUT2D eigenvalue weighted by Crippen LogP contribution is 2.32. The maximum absolute atomic E-state index is 5.93. The minimum absolute atomic E-state index is 0.281. The number of rotatable bonds is 2. The SMILES string of the molecule is Cc1cc(NC2CCc3cccnc32)cnc1Cl. The summed E-state index contributed by atoms with van der Waals surface area (Å²) < 4.78 is 0. The molecule has 0 radical (unpaired) electrons. The fourth-order valence-corrected chi connectivity index (χ4v) is 2.49. The predicted octanol–water partition coefficient (Wildman–Crippen LogP) is 3.54. The Kier molecular flexibility index (Phi) is 2.92. The van der Waals surface area contributed by atoms with E-state index in [0.717, 1.165) is 29.8 Å². The van der Waals surface area contributed by atoms with E-state index in [1.165, 1.54) is 5.56 Å². The van der Waals surface area contributed by atoms with E-state index in [0.29, 0.717) is 5.15 Å². The molecule has 2 aromatic rings. The van der Waals surface area contributed by atoms with Crippen molar-refractivity contribution in [2.24, 2.45) is 0 Å². The first-order valence-corrected chi connectivity index (χ1v) is 6.44. The number of aryl methyl sites for hydroxylation is 2. The van der Waals surface area contributed by atoms with Crippen molar-refractivity contribution in [2.75, 3.05) is 5.32 Å². The van der Waals surface area contributed by atoms with E-state index in [9.17, 15) is 0 Å². The summed E-state index contributed by atoms with van der Waals surface area (Å²) in [5, 5.41) is 4.04. The molecule has 92 valence electrons. The molecular formula is C14H14ClN3. The van der Waals surface area contributed by atoms with Gasteiger partial charge in [-0.05, 0) is 43.0 Å². The second-order valence-electron chi connectivity index (χ2n) is 4.62. The van der Waals surface area contributed by atoms with E-state index in [1.54, 1.807) is 6.20 Å². The minimum Gasteiger partial charge on any atom is -0.375 e. The van der Waals surface area contributed by atoms with Crippen molar-refractivity contribution in [1.82, 2.24) is 9.97 Å². The molecule has 0 amide bonds. The molecule has 4 heteroatoms. The van der Waals surface area contributed by atoms with Gasteiger partial charge in [0.15, 0.2) is 0 Å². The number of aromatic nitrogens is 2. The Hall–Kier alpha value is -1.61. The van der Waals surface area contributed by atoms with Gasteiger partial charge in [-0.3, -0.25) is 4.98 Å². The molecular weight excluding hydrogens is 246 g/mol. The zero-order valence-electron chi connectivity index (χ0n) is 10.2. The van der Waals surface area contributed by atoms with E-state index in [-0.39, 0.29) is 6.04 Å². The van der Waals surface area contributed by atoms with Crippen LogP contribution in [0.5, 0.6) is 0 Å². The highest BCUT2D eigenvalue weighted by Gasteiger charge is 2.23. The third-order valence-electron chi connectivity index (χ3n) is 3.31. The van der Waals surface area contributed by atoms with Crippen LogP contribution in [0.1, 0.15) is 29.3 Å². The van der Waals surface area contributed by atoms with Crippen molar-refractivity contribution in [1.29, 1.82) is 0 Å². The molecule has 0 bridgehead atoms. The second kappa shape index (κ2) is 4.58. The lowest BCUT2D eigenvalue weighted by Crippen LogP contribution is -2.09. The molecule has 0 fully saturated rings. The third-order valence-corrected chi connectivity index (χ3v) is 3.71. The summed E-state index contributed by atoms with van der Waals surface area (Å²) >= 11 is 5.93. The first kappa shape index (κ1) is 11.5. The highest BCUT2D eigenvalue weighted by atomic mass is 35.5. The van der Waals surface area contributed by atoms with Crippen LogP contribution in [0, 0.1) is 6.92 Å². The van der Waals surface area contributed by atoms with Crippen molar-refractivity contribution in [3.8, 4) is 0 Å². The van der Waals surface area contributed by atoms with Crippen LogP contribution in [0.15, 0.2) is 30.6 Å². The van der Waals surface area contributed by atoms with Gasteiger partial charge in [0, 0.05) is 6.20 Å². The Morgan fingerprint density at radius 3 is 3.11 bits per heavy atom. The number of halogens is 1. The molecule has 0 saturated carbocycles. The van der Waals surface area contributed by atoms with Crippen LogP contribution in [0.3, 0.4) is 0 Å². The Labute approximate surface area is 111 Å². The Bertz CT molecular complexity index is 583. The van der Waals surface area contributed by atoms with Gasteiger partial charge in [0.05, 0.1) is 23.6 Å². The largest absolute Gasteiger partial charge is 0.375 e. The summed E-state index contributed by atoms with van der Waals surface area (Å²) in [6.07, 6.45) is 5.79. The maximum atomic E-state index is 5.93. The van der Waals surface area contributed by atoms with Crippen LogP contribution in [0.25, 0.3) is 0 Å². The smallest absolute Gasteiger partial charge is 0.132 e. The van der Waals surface area contributed by atoms with Gasteiger partial charge in [0.25, 0.3) is 0 Å². The topological polar surface area (TPSA) is 37.8 Å². The van der Waals surface area contributed by atoms with Crippen molar-refractivity contribution < 1.29 is 0 Å². The Balaban J connectivity index is 1.84. The van der Waals surface area contributed by atoms with E-state index >= 15 is 0 Å². The van der Waals surface area contributed by atoms with Gasteiger partial charge in [0.2, 0.25) is 0 Å². The number of hydrogen-bond acceptors (Lipinski definition) is 3. The van der Waals surface area contributed by atoms with E-state index in [2.05, 4.69) is 21.4 Å². The van der Waals surface area contributed by atoms with Gasteiger partial charge < -0.3 is 5.32 Å². The average molecular weight is 260 g/mol. The average Bonchev–Trinajstić information content (AvgIpc) is 2.78. The maximum Gasteiger partial charge on any atom is 0.132 e. The molecule has 0 spiro atoms. The van der Waals surface area contributed by atoms with Crippen LogP contribution < -0.4 is 5.32 Å². The van der Waals surface area contributed by atoms with Crippen LogP contribution in [-0.4, -0.2) is 9.97 Å². The van der Waals surface area contributed by atoms with Crippen molar-refractivity contribution in [3.63, 3.8) is 0 Å². The molecule has 3 rings (SSSR count). The van der Waals surface area contributed by atoms with Crippen LogP contribution in [0.2, 0.25) is 5.15 Å². The van der Waals surface area contributed by atoms with Gasteiger partial charge >= 0.3 is 0 Å². The fraction of sp³-hybridized carbons (Fsp3) is 0.286. The minimum atomic E-state index is 0.281. The molecule has 3 nitrogen and oxygen atoms in total. The molecule has 0 saturated heterocycles. The summed E-state index contributed by atoms with van der Waals surface area (Å²) in [4.78, 5) is 8.63. The first-order valence-electron chi connectivity index (χ1n) is 6.06. The quantitative estimate of drug-likeness (QED) is 0.839. The first-order chi connectivity index (χ1) is 8.74. The predicted molar refractivity (Wildman–Crippen MR) is 72.9 cm³/mol. The van der Waals surface area contributed by atoms with Crippen molar-refractivity contribution in [3.05, 3.63) is 52.6 Å². The monoisotopic (exact) mass is 259 g/mol. The van der Waals surface area contributed by atoms with Gasteiger partial charge in [-0.2, -0.15) is 0 Å². The molecule has 1 unspecified atom stereocenters.